The van der Waals surface area contributed by atoms with Crippen molar-refractivity contribution in [3.8, 4) is 0 Å². The van der Waals surface area contributed by atoms with Gasteiger partial charge in [0.2, 0.25) is 0 Å². The number of rotatable bonds is 4. The fourth-order valence-electron chi connectivity index (χ4n) is 1.30. The standard InChI is InChI=1S/C10H9N3O3S/c14-9(15)7-2-1-3-11-8(7)12-4-6-5-17-10(16)13-6/h1-3,5H,4H2,(H,11,12)(H,13,16)(H,14,15). The molecule has 0 amide bonds. The Bertz CT molecular complexity index is 590. The maximum atomic E-state index is 10.9. The first kappa shape index (κ1) is 11.3. The summed E-state index contributed by atoms with van der Waals surface area (Å²) in [6, 6.07) is 3.02. The molecule has 17 heavy (non-hydrogen) atoms. The minimum absolute atomic E-state index is 0.102. The van der Waals surface area contributed by atoms with Crippen molar-refractivity contribution in [2.75, 3.05) is 5.32 Å². The van der Waals surface area contributed by atoms with Crippen LogP contribution in [0.5, 0.6) is 0 Å². The second kappa shape index (κ2) is 4.79. The van der Waals surface area contributed by atoms with E-state index in [1.165, 1.54) is 12.3 Å². The van der Waals surface area contributed by atoms with Crippen molar-refractivity contribution in [2.24, 2.45) is 0 Å². The second-order valence-corrected chi connectivity index (χ2v) is 4.07. The molecule has 0 saturated carbocycles. The van der Waals surface area contributed by atoms with E-state index in [1.54, 1.807) is 11.4 Å². The zero-order valence-electron chi connectivity index (χ0n) is 8.64. The molecule has 88 valence electrons. The average molecular weight is 251 g/mol. The second-order valence-electron chi connectivity index (χ2n) is 3.23. The van der Waals surface area contributed by atoms with Gasteiger partial charge in [-0.1, -0.05) is 11.3 Å². The normalized spacial score (nSPS) is 10.1. The summed E-state index contributed by atoms with van der Waals surface area (Å²) in [6.45, 7) is 0.329. The topological polar surface area (TPSA) is 95.1 Å². The molecule has 0 fully saturated rings. The number of anilines is 1. The van der Waals surface area contributed by atoms with E-state index in [2.05, 4.69) is 15.3 Å². The molecule has 0 atom stereocenters. The first-order valence-electron chi connectivity index (χ1n) is 4.75. The van der Waals surface area contributed by atoms with Crippen LogP contribution in [0.1, 0.15) is 16.1 Å². The quantitative estimate of drug-likeness (QED) is 0.757. The van der Waals surface area contributed by atoms with Crippen LogP contribution < -0.4 is 10.2 Å². The summed E-state index contributed by atoms with van der Waals surface area (Å²) in [7, 11) is 0. The minimum Gasteiger partial charge on any atom is -0.478 e. The van der Waals surface area contributed by atoms with Crippen LogP contribution in [0.2, 0.25) is 0 Å². The lowest BCUT2D eigenvalue weighted by molar-refractivity contribution is 0.0697. The lowest BCUT2D eigenvalue weighted by Crippen LogP contribution is -2.09. The Kier molecular flexibility index (Phi) is 3.20. The molecule has 2 rings (SSSR count). The van der Waals surface area contributed by atoms with Crippen molar-refractivity contribution in [1.29, 1.82) is 0 Å². The largest absolute Gasteiger partial charge is 0.478 e. The molecule has 0 aliphatic heterocycles. The van der Waals surface area contributed by atoms with E-state index in [0.717, 1.165) is 11.3 Å². The molecule has 0 aromatic carbocycles. The van der Waals surface area contributed by atoms with Crippen molar-refractivity contribution in [3.05, 3.63) is 44.6 Å². The summed E-state index contributed by atoms with van der Waals surface area (Å²) in [4.78, 5) is 28.2. The van der Waals surface area contributed by atoms with Crippen molar-refractivity contribution < 1.29 is 9.90 Å². The highest BCUT2D eigenvalue weighted by molar-refractivity contribution is 7.07. The number of aromatic amines is 1. The third-order valence-corrected chi connectivity index (χ3v) is 2.77. The number of hydrogen-bond donors (Lipinski definition) is 3. The highest BCUT2D eigenvalue weighted by Crippen LogP contribution is 2.12. The van der Waals surface area contributed by atoms with Gasteiger partial charge >= 0.3 is 10.8 Å². The number of thiazole rings is 1. The minimum atomic E-state index is -1.04. The van der Waals surface area contributed by atoms with Crippen molar-refractivity contribution in [2.45, 2.75) is 6.54 Å². The molecule has 0 unspecified atom stereocenters. The number of carboxylic acids is 1. The van der Waals surface area contributed by atoms with E-state index in [1.807, 2.05) is 0 Å². The van der Waals surface area contributed by atoms with Gasteiger partial charge in [0.15, 0.2) is 0 Å². The third-order valence-electron chi connectivity index (χ3n) is 2.06. The van der Waals surface area contributed by atoms with E-state index in [9.17, 15) is 9.59 Å². The molecule has 2 heterocycles. The molecule has 7 heteroatoms. The molecule has 2 aromatic heterocycles. The Morgan fingerprint density at radius 2 is 2.41 bits per heavy atom. The van der Waals surface area contributed by atoms with Crippen LogP contribution in [0.3, 0.4) is 0 Å². The Hall–Kier alpha value is -2.15. The zero-order valence-corrected chi connectivity index (χ0v) is 9.45. The van der Waals surface area contributed by atoms with Crippen LogP contribution in [0.25, 0.3) is 0 Å². The monoisotopic (exact) mass is 251 g/mol. The number of hydrogen-bond acceptors (Lipinski definition) is 5. The molecule has 0 bridgehead atoms. The molecule has 2 aromatic rings. The van der Waals surface area contributed by atoms with Gasteiger partial charge in [0.1, 0.15) is 11.4 Å². The van der Waals surface area contributed by atoms with Crippen molar-refractivity contribution in [1.82, 2.24) is 9.97 Å². The highest BCUT2D eigenvalue weighted by atomic mass is 32.1. The predicted octanol–water partition coefficient (Wildman–Crippen LogP) is 1.14. The Morgan fingerprint density at radius 3 is 3.06 bits per heavy atom. The fourth-order valence-corrected chi connectivity index (χ4v) is 1.88. The van der Waals surface area contributed by atoms with Crippen LogP contribution in [-0.4, -0.2) is 21.0 Å². The average Bonchev–Trinajstić information content (AvgIpc) is 2.73. The number of carboxylic acid groups (broad SMARTS) is 1. The predicted molar refractivity (Wildman–Crippen MR) is 63.5 cm³/mol. The van der Waals surface area contributed by atoms with E-state index in [0.29, 0.717) is 12.2 Å². The molecular weight excluding hydrogens is 242 g/mol. The number of aromatic nitrogens is 2. The summed E-state index contributed by atoms with van der Waals surface area (Å²) in [5.41, 5.74) is 0.798. The first-order chi connectivity index (χ1) is 8.16. The van der Waals surface area contributed by atoms with Gasteiger partial charge in [0.05, 0.1) is 6.54 Å². The van der Waals surface area contributed by atoms with Crippen LogP contribution in [0.15, 0.2) is 28.5 Å². The molecule has 0 saturated heterocycles. The zero-order chi connectivity index (χ0) is 12.3. The van der Waals surface area contributed by atoms with Crippen LogP contribution in [-0.2, 0) is 6.54 Å². The number of H-pyrrole nitrogens is 1. The lowest BCUT2D eigenvalue weighted by Gasteiger charge is -2.06. The molecule has 0 aliphatic carbocycles. The van der Waals surface area contributed by atoms with Gasteiger partial charge in [0, 0.05) is 17.3 Å². The third kappa shape index (κ3) is 2.70. The number of nitrogens with zero attached hydrogens (tertiary/aromatic N) is 1. The van der Waals surface area contributed by atoms with Crippen LogP contribution in [0, 0.1) is 0 Å². The summed E-state index contributed by atoms with van der Waals surface area (Å²) in [6.07, 6.45) is 1.51. The van der Waals surface area contributed by atoms with Gasteiger partial charge in [-0.3, -0.25) is 4.79 Å². The number of carbonyl (C=O) groups is 1. The maximum absolute atomic E-state index is 10.9. The van der Waals surface area contributed by atoms with E-state index in [-0.39, 0.29) is 16.3 Å². The highest BCUT2D eigenvalue weighted by Gasteiger charge is 2.10. The smallest absolute Gasteiger partial charge is 0.339 e. The van der Waals surface area contributed by atoms with E-state index in [4.69, 9.17) is 5.11 Å². The van der Waals surface area contributed by atoms with E-state index < -0.39 is 5.97 Å². The maximum Gasteiger partial charge on any atom is 0.339 e. The van der Waals surface area contributed by atoms with Gasteiger partial charge in [-0.05, 0) is 12.1 Å². The fraction of sp³-hybridized carbons (Fsp3) is 0.100. The molecular formula is C10H9N3O3S. The Balaban J connectivity index is 2.14. The number of nitrogens with one attached hydrogen (secondary N) is 2. The van der Waals surface area contributed by atoms with E-state index >= 15 is 0 Å². The van der Waals surface area contributed by atoms with Gasteiger partial charge in [-0.25, -0.2) is 9.78 Å². The molecule has 0 radical (unpaired) electrons. The summed E-state index contributed by atoms with van der Waals surface area (Å²) in [5, 5.41) is 13.5. The lowest BCUT2D eigenvalue weighted by atomic mass is 10.2. The molecule has 6 nitrogen and oxygen atoms in total. The van der Waals surface area contributed by atoms with Gasteiger partial charge in [0.25, 0.3) is 0 Å². The van der Waals surface area contributed by atoms with Crippen LogP contribution >= 0.6 is 11.3 Å². The van der Waals surface area contributed by atoms with Gasteiger partial charge in [-0.15, -0.1) is 0 Å². The summed E-state index contributed by atoms with van der Waals surface area (Å²) in [5.74, 6) is -0.758. The summed E-state index contributed by atoms with van der Waals surface area (Å²) < 4.78 is 0. The van der Waals surface area contributed by atoms with Gasteiger partial charge < -0.3 is 15.4 Å². The Morgan fingerprint density at radius 1 is 1.59 bits per heavy atom. The Labute approximate surface area is 100.0 Å². The number of pyridine rings is 1. The van der Waals surface area contributed by atoms with Crippen LogP contribution in [0.4, 0.5) is 5.82 Å². The molecule has 0 spiro atoms. The van der Waals surface area contributed by atoms with Gasteiger partial charge in [-0.2, -0.15) is 0 Å². The molecule has 3 N–H and O–H groups in total. The summed E-state index contributed by atoms with van der Waals surface area (Å²) >= 11 is 1.06. The molecule has 0 aliphatic rings. The van der Waals surface area contributed by atoms with Crippen molar-refractivity contribution >= 4 is 23.1 Å². The SMILES string of the molecule is O=C(O)c1cccnc1NCc1csc(=O)[nH]1. The first-order valence-corrected chi connectivity index (χ1v) is 5.63. The number of aromatic carboxylic acids is 1. The van der Waals surface area contributed by atoms with Crippen molar-refractivity contribution in [3.63, 3.8) is 0 Å².